The molecular weight excluding hydrogens is 867 g/mol. The number of aromatic nitrogens is 5. The van der Waals surface area contributed by atoms with E-state index in [0.717, 1.165) is 57.2 Å². The van der Waals surface area contributed by atoms with Gasteiger partial charge in [-0.2, -0.15) is 22.9 Å². The van der Waals surface area contributed by atoms with Gasteiger partial charge in [0.2, 0.25) is 5.95 Å². The van der Waals surface area contributed by atoms with Gasteiger partial charge in [-0.25, -0.2) is 9.97 Å². The van der Waals surface area contributed by atoms with E-state index in [1.54, 1.807) is 18.5 Å². The summed E-state index contributed by atoms with van der Waals surface area (Å²) < 4.78 is 14.7. The zero-order valence-corrected chi connectivity index (χ0v) is 33.8. The summed E-state index contributed by atoms with van der Waals surface area (Å²) in [4.78, 5) is 18.4. The average molecular weight is 905 g/mol. The van der Waals surface area contributed by atoms with Gasteiger partial charge in [0, 0.05) is 47.8 Å². The molecule has 7 nitrogen and oxygen atoms in total. The van der Waals surface area contributed by atoms with Crippen molar-refractivity contribution in [1.29, 1.82) is 0 Å². The summed E-state index contributed by atoms with van der Waals surface area (Å²) in [5, 5.41) is 1.90. The van der Waals surface area contributed by atoms with Gasteiger partial charge >= 0.3 is 40.8 Å². The topological polar surface area (TPSA) is 75.0 Å². The molecule has 0 aliphatic heterocycles. The van der Waals surface area contributed by atoms with E-state index in [1.807, 2.05) is 77.6 Å². The molecule has 278 valence electrons. The molecule has 0 saturated carbocycles. The number of hydrogen-bond donors (Lipinski definition) is 0. The van der Waals surface area contributed by atoms with Crippen molar-refractivity contribution in [2.75, 3.05) is 0 Å². The second kappa shape index (κ2) is 17.6. The fourth-order valence-electron chi connectivity index (χ4n) is 6.54. The molecule has 4 heterocycles. The number of nitrogens with zero attached hydrogens (tertiary/aromatic N) is 5. The van der Waals surface area contributed by atoms with Gasteiger partial charge in [0.1, 0.15) is 0 Å². The molecule has 0 aliphatic rings. The third kappa shape index (κ3) is 9.10. The van der Waals surface area contributed by atoms with Gasteiger partial charge in [-0.05, 0) is 54.3 Å². The van der Waals surface area contributed by atoms with Crippen molar-refractivity contribution in [1.82, 2.24) is 24.5 Å². The van der Waals surface area contributed by atoms with Gasteiger partial charge in [0.25, 0.3) is 0 Å². The predicted molar refractivity (Wildman–Crippen MR) is 208 cm³/mol. The Morgan fingerprint density at radius 3 is 1.42 bits per heavy atom. The Morgan fingerprint density at radius 1 is 0.509 bits per heavy atom. The number of rotatable bonds is 11. The summed E-state index contributed by atoms with van der Waals surface area (Å²) >= 11 is 0. The maximum atomic E-state index is 6.37. The van der Waals surface area contributed by atoms with Crippen LogP contribution in [0.5, 0.6) is 23.0 Å². The summed E-state index contributed by atoms with van der Waals surface area (Å²) in [6.45, 7) is 8.86. The molecule has 0 amide bonds. The van der Waals surface area contributed by atoms with Crippen molar-refractivity contribution >= 4 is 21.8 Å². The SMILES string of the molecule is CC(C)Cc1ccnc(-c2[c-]c(Oc3[c-]c4c(cc3)c3ccc(Oc5[c-]c(-c6cc(CC(C)C)ccn6)ccc5)[c-]c3n4-c3ncccn3)ccc2)c1.[Pd+2].[Pd+2]. The van der Waals surface area contributed by atoms with Crippen LogP contribution in [0, 0.1) is 36.1 Å². The molecule has 4 aromatic heterocycles. The summed E-state index contributed by atoms with van der Waals surface area (Å²) in [5.74, 6) is 3.78. The normalized spacial score (nSPS) is 11.1. The Hall–Kier alpha value is -5.02. The number of ether oxygens (including phenoxy) is 2. The van der Waals surface area contributed by atoms with Crippen molar-refractivity contribution in [2.24, 2.45) is 11.8 Å². The molecule has 8 aromatic rings. The van der Waals surface area contributed by atoms with E-state index in [-0.39, 0.29) is 40.8 Å². The van der Waals surface area contributed by atoms with E-state index < -0.39 is 0 Å². The molecule has 8 rings (SSSR count). The maximum absolute atomic E-state index is 6.37. The van der Waals surface area contributed by atoms with Crippen molar-refractivity contribution < 1.29 is 50.3 Å². The van der Waals surface area contributed by atoms with Gasteiger partial charge in [-0.1, -0.05) is 74.1 Å². The quantitative estimate of drug-likeness (QED) is 0.0951. The summed E-state index contributed by atoms with van der Waals surface area (Å²) in [6, 6.07) is 43.5. The molecule has 0 saturated heterocycles. The van der Waals surface area contributed by atoms with E-state index in [2.05, 4.69) is 96.2 Å². The van der Waals surface area contributed by atoms with Crippen molar-refractivity contribution in [2.45, 2.75) is 40.5 Å². The van der Waals surface area contributed by atoms with Gasteiger partial charge < -0.3 is 24.0 Å². The molecule has 4 aromatic carbocycles. The van der Waals surface area contributed by atoms with Crippen LogP contribution in [0.3, 0.4) is 0 Å². The van der Waals surface area contributed by atoms with Crippen LogP contribution in [0.15, 0.2) is 116 Å². The van der Waals surface area contributed by atoms with E-state index in [9.17, 15) is 0 Å². The molecule has 0 bridgehead atoms. The number of benzene rings is 4. The Bertz CT molecular complexity index is 2400. The first-order valence-corrected chi connectivity index (χ1v) is 17.9. The third-order valence-corrected chi connectivity index (χ3v) is 8.75. The first-order chi connectivity index (χ1) is 25.9. The number of fused-ring (bicyclic) bond motifs is 3. The van der Waals surface area contributed by atoms with E-state index >= 15 is 0 Å². The Labute approximate surface area is 349 Å². The monoisotopic (exact) mass is 903 g/mol. The fourth-order valence-corrected chi connectivity index (χ4v) is 6.54. The van der Waals surface area contributed by atoms with Crippen LogP contribution in [-0.4, -0.2) is 24.5 Å². The van der Waals surface area contributed by atoms with Crippen LogP contribution < -0.4 is 9.47 Å². The molecule has 0 N–H and O–H groups in total. The van der Waals surface area contributed by atoms with Crippen LogP contribution >= 0.6 is 0 Å². The standard InChI is InChI=1S/C46H37N5O2.2Pd/c1-30(2)22-32-16-20-47-42(24-32)34-8-5-10-36(26-34)52-38-12-14-40-41-15-13-39(29-45(41)51(44(40)28-38)46-49-18-7-19-50-46)53-37-11-6-9-35(27-37)43-25-33(17-21-48-43)23-31(3)4;;/h5-21,24-25,30-31H,22-23H2,1-4H3;;/q-4;2*+2. The van der Waals surface area contributed by atoms with E-state index in [0.29, 0.717) is 40.8 Å². The molecule has 0 radical (unpaired) electrons. The summed E-state index contributed by atoms with van der Waals surface area (Å²) in [7, 11) is 0. The fraction of sp³-hybridized carbons (Fsp3) is 0.174. The van der Waals surface area contributed by atoms with Crippen LogP contribution in [0.25, 0.3) is 50.3 Å². The molecule has 0 aliphatic carbocycles. The smallest absolute Gasteiger partial charge is 0.503 e. The maximum Gasteiger partial charge on any atom is 2.00 e. The largest absolute Gasteiger partial charge is 2.00 e. The predicted octanol–water partition coefficient (Wildman–Crippen LogP) is 10.9. The van der Waals surface area contributed by atoms with Gasteiger partial charge in [0.15, 0.2) is 0 Å². The van der Waals surface area contributed by atoms with Crippen LogP contribution in [0.4, 0.5) is 0 Å². The molecule has 0 fully saturated rings. The number of pyridine rings is 2. The van der Waals surface area contributed by atoms with E-state index in [4.69, 9.17) is 9.47 Å². The second-order valence-electron chi connectivity index (χ2n) is 13.9. The summed E-state index contributed by atoms with van der Waals surface area (Å²) in [6.07, 6.45) is 9.12. The Balaban J connectivity index is 0.00000257. The number of hydrogen-bond acceptors (Lipinski definition) is 6. The van der Waals surface area contributed by atoms with Crippen molar-refractivity contribution in [3.8, 4) is 51.5 Å². The minimum absolute atomic E-state index is 0. The van der Waals surface area contributed by atoms with Gasteiger partial charge in [-0.15, -0.1) is 71.8 Å². The zero-order valence-electron chi connectivity index (χ0n) is 30.7. The molecule has 9 heteroatoms. The van der Waals surface area contributed by atoms with Gasteiger partial charge in [-0.3, -0.25) is 0 Å². The molecular formula is C46H37N5O2Pd2. The Kier molecular flexibility index (Phi) is 12.7. The minimum atomic E-state index is 0. The van der Waals surface area contributed by atoms with Crippen molar-refractivity contribution in [3.63, 3.8) is 0 Å². The van der Waals surface area contributed by atoms with Crippen molar-refractivity contribution in [3.05, 3.63) is 151 Å². The van der Waals surface area contributed by atoms with Crippen LogP contribution in [0.2, 0.25) is 0 Å². The van der Waals surface area contributed by atoms with Crippen LogP contribution in [0.1, 0.15) is 38.8 Å². The third-order valence-electron chi connectivity index (χ3n) is 8.75. The first-order valence-electron chi connectivity index (χ1n) is 17.9. The minimum Gasteiger partial charge on any atom is -0.503 e. The molecule has 0 spiro atoms. The molecule has 0 unspecified atom stereocenters. The molecule has 55 heavy (non-hydrogen) atoms. The average Bonchev–Trinajstić information content (AvgIpc) is 3.48. The Morgan fingerprint density at radius 2 is 0.964 bits per heavy atom. The summed E-state index contributed by atoms with van der Waals surface area (Å²) in [5.41, 5.74) is 7.44. The molecule has 0 atom stereocenters. The van der Waals surface area contributed by atoms with Gasteiger partial charge in [0.05, 0.1) is 0 Å². The van der Waals surface area contributed by atoms with E-state index in [1.165, 1.54) is 11.1 Å². The zero-order chi connectivity index (χ0) is 36.3. The van der Waals surface area contributed by atoms with Crippen LogP contribution in [-0.2, 0) is 53.7 Å². The second-order valence-corrected chi connectivity index (χ2v) is 13.9. The first kappa shape index (κ1) is 39.7.